The lowest BCUT2D eigenvalue weighted by atomic mass is 10.2. The van der Waals surface area contributed by atoms with Crippen LogP contribution in [0.5, 0.6) is 0 Å². The molecule has 0 aliphatic rings. The summed E-state index contributed by atoms with van der Waals surface area (Å²) in [7, 11) is 0. The molecular weight excluding hydrogens is 335 g/mol. The highest BCUT2D eigenvalue weighted by molar-refractivity contribution is 5.63. The van der Waals surface area contributed by atoms with E-state index in [0.717, 1.165) is 5.56 Å². The van der Waals surface area contributed by atoms with Crippen molar-refractivity contribution in [3.8, 4) is 22.9 Å². The molecule has 0 bridgehead atoms. The smallest absolute Gasteiger partial charge is 0.182 e. The Balaban J connectivity index is 1.80. The Morgan fingerprint density at radius 1 is 1.19 bits per heavy atom. The zero-order valence-corrected chi connectivity index (χ0v) is 13.9. The number of hydrogen-bond acceptors (Lipinski definition) is 6. The zero-order chi connectivity index (χ0) is 18.1. The number of aromatic nitrogens is 5. The van der Waals surface area contributed by atoms with E-state index in [2.05, 4.69) is 20.2 Å². The van der Waals surface area contributed by atoms with Crippen LogP contribution < -0.4 is 5.73 Å². The van der Waals surface area contributed by atoms with Gasteiger partial charge in [-0.3, -0.25) is 4.68 Å². The van der Waals surface area contributed by atoms with Crippen LogP contribution in [0.15, 0.2) is 53.4 Å². The molecule has 0 radical (unpaired) electrons. The molecular formula is C18H15FN6O. The molecule has 1 aromatic carbocycles. The first kappa shape index (κ1) is 15.9. The molecule has 0 unspecified atom stereocenters. The first-order valence-corrected chi connectivity index (χ1v) is 7.93. The van der Waals surface area contributed by atoms with Crippen molar-refractivity contribution < 1.29 is 8.91 Å². The van der Waals surface area contributed by atoms with Crippen molar-refractivity contribution in [2.45, 2.75) is 13.5 Å². The molecule has 0 spiro atoms. The normalized spacial score (nSPS) is 11.0. The number of hydrogen-bond donors (Lipinski definition) is 1. The zero-order valence-electron chi connectivity index (χ0n) is 13.9. The van der Waals surface area contributed by atoms with Crippen LogP contribution in [0, 0.1) is 12.7 Å². The number of aryl methyl sites for hydroxylation is 1. The Bertz CT molecular complexity index is 1060. The SMILES string of the molecule is Cc1cnc(-c2cc(-c3ccon3)n(Cc3ccccc3F)n2)nc1N. The molecule has 130 valence electrons. The fourth-order valence-electron chi connectivity index (χ4n) is 2.56. The molecule has 4 rings (SSSR count). The number of anilines is 1. The Hall–Kier alpha value is -3.55. The Morgan fingerprint density at radius 3 is 2.77 bits per heavy atom. The van der Waals surface area contributed by atoms with E-state index in [1.807, 2.05) is 6.92 Å². The van der Waals surface area contributed by atoms with Gasteiger partial charge < -0.3 is 10.3 Å². The molecule has 2 N–H and O–H groups in total. The lowest BCUT2D eigenvalue weighted by Gasteiger charge is -2.06. The summed E-state index contributed by atoms with van der Waals surface area (Å²) < 4.78 is 20.6. The maximum absolute atomic E-state index is 14.1. The first-order chi connectivity index (χ1) is 12.6. The highest BCUT2D eigenvalue weighted by Crippen LogP contribution is 2.25. The van der Waals surface area contributed by atoms with Crippen LogP contribution in [0.1, 0.15) is 11.1 Å². The fraction of sp³-hybridized carbons (Fsp3) is 0.111. The van der Waals surface area contributed by atoms with Crippen LogP contribution in [0.3, 0.4) is 0 Å². The van der Waals surface area contributed by atoms with Crippen LogP contribution in [0.4, 0.5) is 10.2 Å². The van der Waals surface area contributed by atoms with Gasteiger partial charge in [0.15, 0.2) is 5.82 Å². The number of rotatable bonds is 4. The van der Waals surface area contributed by atoms with E-state index in [9.17, 15) is 4.39 Å². The van der Waals surface area contributed by atoms with Crippen molar-refractivity contribution in [1.82, 2.24) is 24.9 Å². The summed E-state index contributed by atoms with van der Waals surface area (Å²) in [6.07, 6.45) is 3.11. The standard InChI is InChI=1S/C18H15FN6O/c1-11-9-21-18(22-17(11)20)15-8-16(14-6-7-26-24-14)25(23-15)10-12-4-2-3-5-13(12)19/h2-9H,10H2,1H3,(H2,20,21,22). The van der Waals surface area contributed by atoms with E-state index < -0.39 is 0 Å². The van der Waals surface area contributed by atoms with E-state index >= 15 is 0 Å². The highest BCUT2D eigenvalue weighted by atomic mass is 19.1. The number of benzene rings is 1. The molecule has 26 heavy (non-hydrogen) atoms. The first-order valence-electron chi connectivity index (χ1n) is 7.93. The van der Waals surface area contributed by atoms with Crippen LogP contribution in [0.2, 0.25) is 0 Å². The van der Waals surface area contributed by atoms with Crippen molar-refractivity contribution >= 4 is 5.82 Å². The average Bonchev–Trinajstić information content (AvgIpc) is 3.29. The number of nitrogen functional groups attached to an aromatic ring is 1. The topological polar surface area (TPSA) is 95.6 Å². The molecule has 4 aromatic rings. The van der Waals surface area contributed by atoms with Crippen LogP contribution in [0.25, 0.3) is 22.9 Å². The van der Waals surface area contributed by atoms with Crippen molar-refractivity contribution in [3.63, 3.8) is 0 Å². The van der Waals surface area contributed by atoms with E-state index in [-0.39, 0.29) is 12.4 Å². The van der Waals surface area contributed by atoms with Crippen LogP contribution in [-0.4, -0.2) is 24.9 Å². The molecule has 8 heteroatoms. The lowest BCUT2D eigenvalue weighted by Crippen LogP contribution is -2.06. The fourth-order valence-corrected chi connectivity index (χ4v) is 2.56. The van der Waals surface area contributed by atoms with Crippen molar-refractivity contribution in [1.29, 1.82) is 0 Å². The van der Waals surface area contributed by atoms with E-state index in [0.29, 0.717) is 34.3 Å². The van der Waals surface area contributed by atoms with Gasteiger partial charge >= 0.3 is 0 Å². The monoisotopic (exact) mass is 350 g/mol. The summed E-state index contributed by atoms with van der Waals surface area (Å²) in [4.78, 5) is 8.56. The highest BCUT2D eigenvalue weighted by Gasteiger charge is 2.17. The summed E-state index contributed by atoms with van der Waals surface area (Å²) in [6, 6.07) is 10.0. The maximum Gasteiger partial charge on any atom is 0.182 e. The average molecular weight is 350 g/mol. The van der Waals surface area contributed by atoms with Gasteiger partial charge in [0.2, 0.25) is 0 Å². The van der Waals surface area contributed by atoms with Gasteiger partial charge in [0.25, 0.3) is 0 Å². The van der Waals surface area contributed by atoms with Gasteiger partial charge in [-0.2, -0.15) is 5.10 Å². The van der Waals surface area contributed by atoms with Gasteiger partial charge in [0.05, 0.1) is 12.2 Å². The largest absolute Gasteiger partial charge is 0.383 e. The van der Waals surface area contributed by atoms with Crippen LogP contribution in [-0.2, 0) is 6.54 Å². The number of halogens is 1. The van der Waals surface area contributed by atoms with Gasteiger partial charge in [0.1, 0.15) is 29.3 Å². The Labute approximate surface area is 148 Å². The predicted molar refractivity (Wildman–Crippen MR) is 93.4 cm³/mol. The molecule has 0 aliphatic heterocycles. The van der Waals surface area contributed by atoms with Gasteiger partial charge in [-0.1, -0.05) is 23.4 Å². The second-order valence-corrected chi connectivity index (χ2v) is 5.81. The molecule has 0 amide bonds. The van der Waals surface area contributed by atoms with Crippen molar-refractivity contribution in [2.75, 3.05) is 5.73 Å². The van der Waals surface area contributed by atoms with Crippen LogP contribution >= 0.6 is 0 Å². The maximum atomic E-state index is 14.1. The minimum atomic E-state index is -0.300. The lowest BCUT2D eigenvalue weighted by molar-refractivity contribution is 0.421. The third-order valence-electron chi connectivity index (χ3n) is 4.00. The number of nitrogens with two attached hydrogens (primary N) is 1. The summed E-state index contributed by atoms with van der Waals surface area (Å²) >= 11 is 0. The molecule has 7 nitrogen and oxygen atoms in total. The summed E-state index contributed by atoms with van der Waals surface area (Å²) in [5.41, 5.74) is 8.95. The minimum Gasteiger partial charge on any atom is -0.383 e. The number of nitrogens with zero attached hydrogens (tertiary/aromatic N) is 5. The van der Waals surface area contributed by atoms with Crippen molar-refractivity contribution in [2.24, 2.45) is 0 Å². The third-order valence-corrected chi connectivity index (χ3v) is 4.00. The summed E-state index contributed by atoms with van der Waals surface area (Å²) in [6.45, 7) is 2.06. The minimum absolute atomic E-state index is 0.232. The molecule has 0 fully saturated rings. The molecule has 0 saturated heterocycles. The van der Waals surface area contributed by atoms with Gasteiger partial charge in [-0.25, -0.2) is 14.4 Å². The molecule has 3 aromatic heterocycles. The Kier molecular flexibility index (Phi) is 3.92. The summed E-state index contributed by atoms with van der Waals surface area (Å²) in [5, 5.41) is 8.49. The second-order valence-electron chi connectivity index (χ2n) is 5.81. The molecule has 3 heterocycles. The van der Waals surface area contributed by atoms with E-state index in [4.69, 9.17) is 10.3 Å². The quantitative estimate of drug-likeness (QED) is 0.608. The van der Waals surface area contributed by atoms with E-state index in [1.54, 1.807) is 41.2 Å². The molecule has 0 aliphatic carbocycles. The second kappa shape index (κ2) is 6.40. The molecule has 0 atom stereocenters. The van der Waals surface area contributed by atoms with Gasteiger partial charge in [-0.15, -0.1) is 0 Å². The predicted octanol–water partition coefficient (Wildman–Crippen LogP) is 3.07. The van der Waals surface area contributed by atoms with Gasteiger partial charge in [0, 0.05) is 23.4 Å². The van der Waals surface area contributed by atoms with E-state index in [1.165, 1.54) is 12.3 Å². The Morgan fingerprint density at radius 2 is 2.04 bits per heavy atom. The van der Waals surface area contributed by atoms with Crippen molar-refractivity contribution in [3.05, 3.63) is 65.8 Å². The van der Waals surface area contributed by atoms with Gasteiger partial charge in [-0.05, 0) is 19.1 Å². The molecule has 0 saturated carbocycles. The third kappa shape index (κ3) is 2.92. The summed E-state index contributed by atoms with van der Waals surface area (Å²) in [5.74, 6) is 0.484.